The summed E-state index contributed by atoms with van der Waals surface area (Å²) in [5, 5.41) is 2.68. The third-order valence-corrected chi connectivity index (χ3v) is 6.19. The predicted molar refractivity (Wildman–Crippen MR) is 122 cm³/mol. The number of amides is 2. The second-order valence-electron chi connectivity index (χ2n) is 7.17. The number of hydrogen-bond acceptors (Lipinski definition) is 6. The summed E-state index contributed by atoms with van der Waals surface area (Å²) in [6, 6.07) is 16.2. The first-order valence-electron chi connectivity index (χ1n) is 10.1. The highest BCUT2D eigenvalue weighted by Gasteiger charge is 2.22. The topological polar surface area (TPSA) is 118 Å². The second kappa shape index (κ2) is 10.8. The van der Waals surface area contributed by atoms with Gasteiger partial charge in [-0.05, 0) is 55.5 Å². The Bertz CT molecular complexity index is 1170. The summed E-state index contributed by atoms with van der Waals surface area (Å²) in [4.78, 5) is 26.7. The molecule has 2 amide bonds. The normalized spacial score (nSPS) is 11.1. The highest BCUT2D eigenvalue weighted by Crippen LogP contribution is 2.19. The van der Waals surface area contributed by atoms with Crippen LogP contribution in [0, 0.1) is 6.92 Å². The third-order valence-electron chi connectivity index (χ3n) is 4.77. The lowest BCUT2D eigenvalue weighted by atomic mass is 10.2. The minimum Gasteiger partial charge on any atom is -0.497 e. The molecule has 0 saturated carbocycles. The fourth-order valence-corrected chi connectivity index (χ4v) is 3.91. The van der Waals surface area contributed by atoms with Crippen molar-refractivity contribution in [3.63, 3.8) is 0 Å². The molecular weight excluding hydrogens is 446 g/mol. The number of aryl methyl sites for hydroxylation is 1. The van der Waals surface area contributed by atoms with Crippen LogP contribution < -0.4 is 19.7 Å². The van der Waals surface area contributed by atoms with E-state index in [-0.39, 0.29) is 18.0 Å². The van der Waals surface area contributed by atoms with Gasteiger partial charge >= 0.3 is 0 Å². The van der Waals surface area contributed by atoms with Crippen molar-refractivity contribution in [2.45, 2.75) is 18.4 Å². The Labute approximate surface area is 192 Å². The molecule has 1 aromatic heterocycles. The van der Waals surface area contributed by atoms with Gasteiger partial charge in [-0.3, -0.25) is 9.59 Å². The zero-order valence-corrected chi connectivity index (χ0v) is 19.1. The third kappa shape index (κ3) is 6.67. The van der Waals surface area contributed by atoms with E-state index < -0.39 is 28.4 Å². The fourth-order valence-electron chi connectivity index (χ4n) is 2.94. The Morgan fingerprint density at radius 3 is 2.33 bits per heavy atom. The van der Waals surface area contributed by atoms with E-state index in [1.54, 1.807) is 48.5 Å². The molecule has 2 aromatic carbocycles. The van der Waals surface area contributed by atoms with Crippen molar-refractivity contribution in [1.29, 1.82) is 0 Å². The highest BCUT2D eigenvalue weighted by atomic mass is 32.2. The maximum absolute atomic E-state index is 13.0. The summed E-state index contributed by atoms with van der Waals surface area (Å²) in [5.41, 5.74) is 1.33. The van der Waals surface area contributed by atoms with E-state index in [0.29, 0.717) is 17.2 Å². The molecule has 3 rings (SSSR count). The molecule has 2 N–H and O–H groups in total. The van der Waals surface area contributed by atoms with Gasteiger partial charge < -0.3 is 19.4 Å². The molecular formula is C23H25N3O6S. The first kappa shape index (κ1) is 24.0. The number of hydrogen-bond donors (Lipinski definition) is 2. The molecule has 0 spiro atoms. The van der Waals surface area contributed by atoms with Crippen molar-refractivity contribution >= 4 is 27.5 Å². The van der Waals surface area contributed by atoms with Gasteiger partial charge in [0, 0.05) is 5.69 Å². The van der Waals surface area contributed by atoms with E-state index in [1.165, 1.54) is 30.4 Å². The van der Waals surface area contributed by atoms with Crippen LogP contribution >= 0.6 is 0 Å². The van der Waals surface area contributed by atoms with Crippen molar-refractivity contribution in [3.05, 3.63) is 78.3 Å². The standard InChI is InChI=1S/C23H25N3O6S/c1-17-5-11-21(12-6-17)33(29,30)25-15-23(28)26(18-7-9-19(31-2)10-8-18)16-22(27)24-14-20-4-3-13-32-20/h3-13,25H,14-16H2,1-2H3,(H,24,27). The Morgan fingerprint density at radius 1 is 1.03 bits per heavy atom. The molecule has 0 saturated heterocycles. The van der Waals surface area contributed by atoms with Crippen molar-refractivity contribution < 1.29 is 27.2 Å². The van der Waals surface area contributed by atoms with Crippen LogP contribution in [0.15, 0.2) is 76.2 Å². The molecule has 0 unspecified atom stereocenters. The molecule has 3 aromatic rings. The fraction of sp³-hybridized carbons (Fsp3) is 0.217. The minimum atomic E-state index is -3.90. The molecule has 0 radical (unpaired) electrons. The number of nitrogens with zero attached hydrogens (tertiary/aromatic N) is 1. The Morgan fingerprint density at radius 2 is 1.73 bits per heavy atom. The van der Waals surface area contributed by atoms with Crippen LogP contribution in [-0.4, -0.2) is 40.4 Å². The number of methoxy groups -OCH3 is 1. The summed E-state index contributed by atoms with van der Waals surface area (Å²) in [7, 11) is -2.38. The Kier molecular flexibility index (Phi) is 7.86. The summed E-state index contributed by atoms with van der Waals surface area (Å²) in [6.45, 7) is 1.18. The summed E-state index contributed by atoms with van der Waals surface area (Å²) < 4.78 is 37.7. The number of furan rings is 1. The molecule has 0 bridgehead atoms. The first-order valence-corrected chi connectivity index (χ1v) is 11.6. The predicted octanol–water partition coefficient (Wildman–Crippen LogP) is 2.22. The Balaban J connectivity index is 1.71. The number of benzene rings is 2. The van der Waals surface area contributed by atoms with Crippen LogP contribution in [0.4, 0.5) is 5.69 Å². The van der Waals surface area contributed by atoms with Crippen LogP contribution in [0.1, 0.15) is 11.3 Å². The maximum Gasteiger partial charge on any atom is 0.242 e. The van der Waals surface area contributed by atoms with Crippen LogP contribution in [0.5, 0.6) is 5.75 Å². The number of anilines is 1. The number of nitrogens with one attached hydrogen (secondary N) is 2. The zero-order valence-electron chi connectivity index (χ0n) is 18.3. The van der Waals surface area contributed by atoms with Gasteiger partial charge in [-0.25, -0.2) is 13.1 Å². The van der Waals surface area contributed by atoms with E-state index >= 15 is 0 Å². The number of sulfonamides is 1. The maximum atomic E-state index is 13.0. The average Bonchev–Trinajstić information content (AvgIpc) is 3.34. The van der Waals surface area contributed by atoms with E-state index in [2.05, 4.69) is 10.0 Å². The van der Waals surface area contributed by atoms with E-state index in [1.807, 2.05) is 6.92 Å². The minimum absolute atomic E-state index is 0.0492. The smallest absolute Gasteiger partial charge is 0.242 e. The van der Waals surface area contributed by atoms with Gasteiger partial charge in [-0.2, -0.15) is 0 Å². The highest BCUT2D eigenvalue weighted by molar-refractivity contribution is 7.89. The summed E-state index contributed by atoms with van der Waals surface area (Å²) in [6.07, 6.45) is 1.49. The van der Waals surface area contributed by atoms with Crippen LogP contribution in [0.2, 0.25) is 0 Å². The van der Waals surface area contributed by atoms with Crippen LogP contribution in [-0.2, 0) is 26.2 Å². The molecule has 0 aliphatic carbocycles. The van der Waals surface area contributed by atoms with Gasteiger partial charge in [0.15, 0.2) is 0 Å². The molecule has 0 atom stereocenters. The molecule has 9 nitrogen and oxygen atoms in total. The molecule has 10 heteroatoms. The SMILES string of the molecule is COc1ccc(N(CC(=O)NCc2ccco2)C(=O)CNS(=O)(=O)c2ccc(C)cc2)cc1. The number of ether oxygens (including phenoxy) is 1. The van der Waals surface area contributed by atoms with E-state index in [4.69, 9.17) is 9.15 Å². The van der Waals surface area contributed by atoms with E-state index in [0.717, 1.165) is 5.56 Å². The van der Waals surface area contributed by atoms with Gasteiger partial charge in [-0.15, -0.1) is 0 Å². The van der Waals surface area contributed by atoms with Gasteiger partial charge in [0.2, 0.25) is 21.8 Å². The van der Waals surface area contributed by atoms with Crippen molar-refractivity contribution in [3.8, 4) is 5.75 Å². The molecule has 1 heterocycles. The zero-order chi connectivity index (χ0) is 23.8. The summed E-state index contributed by atoms with van der Waals surface area (Å²) >= 11 is 0. The number of carbonyl (C=O) groups is 2. The average molecular weight is 472 g/mol. The van der Waals surface area contributed by atoms with Crippen molar-refractivity contribution in [1.82, 2.24) is 10.0 Å². The Hall–Kier alpha value is -3.63. The molecule has 0 aliphatic rings. The molecule has 174 valence electrons. The number of rotatable bonds is 10. The lowest BCUT2D eigenvalue weighted by molar-refractivity contribution is -0.123. The largest absolute Gasteiger partial charge is 0.497 e. The lowest BCUT2D eigenvalue weighted by Crippen LogP contribution is -2.45. The summed E-state index contributed by atoms with van der Waals surface area (Å²) in [5.74, 6) is 0.117. The molecule has 0 aliphatic heterocycles. The number of carbonyl (C=O) groups excluding carboxylic acids is 2. The van der Waals surface area contributed by atoms with E-state index in [9.17, 15) is 18.0 Å². The van der Waals surface area contributed by atoms with Crippen molar-refractivity contribution in [2.75, 3.05) is 25.1 Å². The quantitative estimate of drug-likeness (QED) is 0.468. The van der Waals surface area contributed by atoms with Crippen molar-refractivity contribution in [2.24, 2.45) is 0 Å². The first-order chi connectivity index (χ1) is 15.8. The lowest BCUT2D eigenvalue weighted by Gasteiger charge is -2.23. The van der Waals surface area contributed by atoms with Crippen LogP contribution in [0.3, 0.4) is 0 Å². The second-order valence-corrected chi connectivity index (χ2v) is 8.94. The van der Waals surface area contributed by atoms with Gasteiger partial charge in [0.25, 0.3) is 0 Å². The molecule has 0 fully saturated rings. The van der Waals surface area contributed by atoms with Gasteiger partial charge in [0.1, 0.15) is 18.1 Å². The van der Waals surface area contributed by atoms with Gasteiger partial charge in [0.05, 0.1) is 31.4 Å². The van der Waals surface area contributed by atoms with Gasteiger partial charge in [-0.1, -0.05) is 17.7 Å². The van der Waals surface area contributed by atoms with Crippen LogP contribution in [0.25, 0.3) is 0 Å². The molecule has 33 heavy (non-hydrogen) atoms. The monoisotopic (exact) mass is 471 g/mol.